The molecule has 1 atom stereocenters. The minimum atomic E-state index is -4.45. The van der Waals surface area contributed by atoms with Crippen LogP contribution in [0.15, 0.2) is 24.3 Å². The largest absolute Gasteiger partial charge is 0.416 e. The van der Waals surface area contributed by atoms with Gasteiger partial charge in [-0.2, -0.15) is 13.2 Å². The number of nitrogens with zero attached hydrogens (tertiary/aromatic N) is 1. The molecule has 3 rings (SSSR count). The predicted molar refractivity (Wildman–Crippen MR) is 68.6 cm³/mol. The van der Waals surface area contributed by atoms with Crippen molar-refractivity contribution < 1.29 is 22.8 Å². The van der Waals surface area contributed by atoms with E-state index in [4.69, 9.17) is 0 Å². The van der Waals surface area contributed by atoms with Crippen molar-refractivity contribution in [2.24, 2.45) is 5.92 Å². The van der Waals surface area contributed by atoms with E-state index in [1.165, 1.54) is 0 Å². The smallest absolute Gasteiger partial charge is 0.323 e. The third kappa shape index (κ3) is 2.16. The molecular weight excluding hydrogens is 285 g/mol. The van der Waals surface area contributed by atoms with Gasteiger partial charge in [0.25, 0.3) is 5.91 Å². The monoisotopic (exact) mass is 298 g/mol. The minimum absolute atomic E-state index is 0.105. The number of nitrogens with one attached hydrogen (secondary N) is 1. The first kappa shape index (κ1) is 13.9. The number of hydrogen-bond donors (Lipinski definition) is 1. The molecule has 1 aromatic rings. The topological polar surface area (TPSA) is 49.4 Å². The van der Waals surface area contributed by atoms with Crippen LogP contribution in [0, 0.1) is 5.92 Å². The Labute approximate surface area is 118 Å². The molecule has 3 amide bonds. The number of urea groups is 1. The molecule has 4 nitrogen and oxygen atoms in total. The van der Waals surface area contributed by atoms with Gasteiger partial charge in [0.15, 0.2) is 0 Å². The molecule has 2 aliphatic rings. The van der Waals surface area contributed by atoms with E-state index in [0.29, 0.717) is 0 Å². The molecule has 1 aliphatic carbocycles. The SMILES string of the molecule is CC1(C2CC2)NC(=O)N(c2ccc(C(F)(F)F)cc2)C1=O. The number of rotatable bonds is 2. The quantitative estimate of drug-likeness (QED) is 0.853. The highest BCUT2D eigenvalue weighted by Crippen LogP contribution is 2.43. The molecule has 7 heteroatoms. The van der Waals surface area contributed by atoms with Gasteiger partial charge in [0, 0.05) is 0 Å². The summed E-state index contributed by atoms with van der Waals surface area (Å²) < 4.78 is 37.6. The molecule has 2 fully saturated rings. The first-order valence-electron chi connectivity index (χ1n) is 6.57. The highest BCUT2D eigenvalue weighted by atomic mass is 19.4. The van der Waals surface area contributed by atoms with Gasteiger partial charge in [-0.15, -0.1) is 0 Å². The molecule has 21 heavy (non-hydrogen) atoms. The number of amides is 3. The summed E-state index contributed by atoms with van der Waals surface area (Å²) in [4.78, 5) is 25.3. The summed E-state index contributed by atoms with van der Waals surface area (Å²) in [5, 5.41) is 2.65. The zero-order valence-electron chi connectivity index (χ0n) is 11.2. The van der Waals surface area contributed by atoms with Gasteiger partial charge in [0.1, 0.15) is 5.54 Å². The number of hydrogen-bond acceptors (Lipinski definition) is 2. The summed E-state index contributed by atoms with van der Waals surface area (Å²) in [6.07, 6.45) is -2.72. The van der Waals surface area contributed by atoms with E-state index >= 15 is 0 Å². The third-order valence-electron chi connectivity index (χ3n) is 4.06. The van der Waals surface area contributed by atoms with E-state index in [-0.39, 0.29) is 11.6 Å². The van der Waals surface area contributed by atoms with E-state index in [0.717, 1.165) is 42.0 Å². The molecule has 0 aromatic heterocycles. The number of halogens is 3. The van der Waals surface area contributed by atoms with Gasteiger partial charge in [0.05, 0.1) is 11.3 Å². The lowest BCUT2D eigenvalue weighted by molar-refractivity contribution is -0.137. The van der Waals surface area contributed by atoms with E-state index < -0.39 is 29.2 Å². The molecule has 1 saturated heterocycles. The number of imide groups is 1. The Morgan fingerprint density at radius 3 is 2.24 bits per heavy atom. The third-order valence-corrected chi connectivity index (χ3v) is 4.06. The predicted octanol–water partition coefficient (Wildman–Crippen LogP) is 2.93. The molecule has 1 aliphatic heterocycles. The Hall–Kier alpha value is -2.05. The summed E-state index contributed by atoms with van der Waals surface area (Å²) in [5.41, 5.74) is -1.61. The molecule has 1 N–H and O–H groups in total. The summed E-state index contributed by atoms with van der Waals surface area (Å²) in [5.74, 6) is -0.303. The number of anilines is 1. The van der Waals surface area contributed by atoms with E-state index in [9.17, 15) is 22.8 Å². The number of carbonyl (C=O) groups excluding carboxylic acids is 2. The van der Waals surface area contributed by atoms with Gasteiger partial charge >= 0.3 is 12.2 Å². The molecule has 0 radical (unpaired) electrons. The van der Waals surface area contributed by atoms with Crippen molar-refractivity contribution in [3.05, 3.63) is 29.8 Å². The second kappa shape index (κ2) is 4.22. The van der Waals surface area contributed by atoms with Crippen LogP contribution in [0.1, 0.15) is 25.3 Å². The first-order chi connectivity index (χ1) is 9.73. The van der Waals surface area contributed by atoms with Gasteiger partial charge in [0.2, 0.25) is 0 Å². The standard InChI is InChI=1S/C14H13F3N2O2/c1-13(8-2-3-8)11(20)19(12(21)18-13)10-6-4-9(5-7-10)14(15,16)17/h4-8H,2-3H2,1H3,(H,18,21). The molecule has 1 unspecified atom stereocenters. The van der Waals surface area contributed by atoms with Crippen molar-refractivity contribution in [3.8, 4) is 0 Å². The number of carbonyl (C=O) groups is 2. The van der Waals surface area contributed by atoms with E-state index in [2.05, 4.69) is 5.32 Å². The van der Waals surface area contributed by atoms with Gasteiger partial charge in [-0.25, -0.2) is 9.69 Å². The van der Waals surface area contributed by atoms with Crippen molar-refractivity contribution in [1.29, 1.82) is 0 Å². The molecule has 0 spiro atoms. The van der Waals surface area contributed by atoms with E-state index in [1.807, 2.05) is 0 Å². The van der Waals surface area contributed by atoms with E-state index in [1.54, 1.807) is 6.92 Å². The van der Waals surface area contributed by atoms with Crippen LogP contribution in [0.25, 0.3) is 0 Å². The van der Waals surface area contributed by atoms with Crippen LogP contribution >= 0.6 is 0 Å². The maximum Gasteiger partial charge on any atom is 0.416 e. The fourth-order valence-corrected chi connectivity index (χ4v) is 2.63. The maximum atomic E-state index is 12.5. The summed E-state index contributed by atoms with van der Waals surface area (Å²) >= 11 is 0. The highest BCUT2D eigenvalue weighted by Gasteiger charge is 2.56. The molecule has 1 aromatic carbocycles. The lowest BCUT2D eigenvalue weighted by atomic mass is 9.96. The van der Waals surface area contributed by atoms with Crippen LogP contribution < -0.4 is 10.2 Å². The summed E-state index contributed by atoms with van der Waals surface area (Å²) in [6, 6.07) is 3.41. The molecule has 1 saturated carbocycles. The second-order valence-electron chi connectivity index (χ2n) is 5.59. The van der Waals surface area contributed by atoms with Crippen molar-refractivity contribution in [2.75, 3.05) is 4.90 Å². The average Bonchev–Trinajstić information content (AvgIpc) is 3.19. The number of benzene rings is 1. The molecule has 1 heterocycles. The van der Waals surface area contributed by atoms with Crippen LogP contribution in [0.4, 0.5) is 23.7 Å². The zero-order valence-corrected chi connectivity index (χ0v) is 11.2. The maximum absolute atomic E-state index is 12.5. The highest BCUT2D eigenvalue weighted by molar-refractivity contribution is 6.23. The Morgan fingerprint density at radius 1 is 1.19 bits per heavy atom. The average molecular weight is 298 g/mol. The molecule has 0 bridgehead atoms. The Kier molecular flexibility index (Phi) is 2.80. The summed E-state index contributed by atoms with van der Waals surface area (Å²) in [6.45, 7) is 1.66. The number of alkyl halides is 3. The molecule has 112 valence electrons. The Morgan fingerprint density at radius 2 is 1.76 bits per heavy atom. The minimum Gasteiger partial charge on any atom is -0.323 e. The zero-order chi connectivity index (χ0) is 15.4. The molecular formula is C14H13F3N2O2. The fraction of sp³-hybridized carbons (Fsp3) is 0.429. The van der Waals surface area contributed by atoms with Gasteiger partial charge < -0.3 is 5.32 Å². The Bertz CT molecular complexity index is 608. The van der Waals surface area contributed by atoms with Crippen LogP contribution in [-0.4, -0.2) is 17.5 Å². The van der Waals surface area contributed by atoms with Crippen LogP contribution in [0.3, 0.4) is 0 Å². The van der Waals surface area contributed by atoms with Crippen molar-refractivity contribution in [3.63, 3.8) is 0 Å². The van der Waals surface area contributed by atoms with Gasteiger partial charge in [-0.3, -0.25) is 4.79 Å². The lowest BCUT2D eigenvalue weighted by Gasteiger charge is -2.21. The van der Waals surface area contributed by atoms with Crippen LogP contribution in [0.2, 0.25) is 0 Å². The normalized spacial score (nSPS) is 26.2. The first-order valence-corrected chi connectivity index (χ1v) is 6.57. The van der Waals surface area contributed by atoms with Crippen LogP contribution in [0.5, 0.6) is 0 Å². The Balaban J connectivity index is 1.90. The van der Waals surface area contributed by atoms with Crippen molar-refractivity contribution >= 4 is 17.6 Å². The van der Waals surface area contributed by atoms with Crippen molar-refractivity contribution in [1.82, 2.24) is 5.32 Å². The summed E-state index contributed by atoms with van der Waals surface area (Å²) in [7, 11) is 0. The van der Waals surface area contributed by atoms with Gasteiger partial charge in [-0.1, -0.05) is 0 Å². The van der Waals surface area contributed by atoms with Crippen molar-refractivity contribution in [2.45, 2.75) is 31.5 Å². The van der Waals surface area contributed by atoms with Gasteiger partial charge in [-0.05, 0) is 49.9 Å². The second-order valence-corrected chi connectivity index (χ2v) is 5.59. The fourth-order valence-electron chi connectivity index (χ4n) is 2.63. The lowest BCUT2D eigenvalue weighted by Crippen LogP contribution is -2.46. The van der Waals surface area contributed by atoms with Crippen LogP contribution in [-0.2, 0) is 11.0 Å².